The fourth-order valence-electron chi connectivity index (χ4n) is 2.38. The van der Waals surface area contributed by atoms with E-state index in [-0.39, 0.29) is 11.8 Å². The molecule has 1 fully saturated rings. The SMILES string of the molecule is C[C@@H](NC(=O)c1ccncc1)C(=O)N1CCCB1C(=O)O. The van der Waals surface area contributed by atoms with Crippen LogP contribution in [0.1, 0.15) is 23.7 Å². The van der Waals surface area contributed by atoms with Crippen LogP contribution < -0.4 is 5.32 Å². The summed E-state index contributed by atoms with van der Waals surface area (Å²) in [6.07, 6.45) is 4.09. The van der Waals surface area contributed by atoms with Gasteiger partial charge in [-0.2, -0.15) is 0 Å². The number of pyridine rings is 1. The van der Waals surface area contributed by atoms with Gasteiger partial charge in [0, 0.05) is 24.5 Å². The smallest absolute Gasteiger partial charge is 0.390 e. The molecule has 0 unspecified atom stereocenters. The van der Waals surface area contributed by atoms with Gasteiger partial charge < -0.3 is 15.2 Å². The molecule has 1 aromatic heterocycles. The molecule has 0 spiro atoms. The van der Waals surface area contributed by atoms with Crippen LogP contribution in [0.25, 0.3) is 0 Å². The minimum absolute atomic E-state index is 0.373. The van der Waals surface area contributed by atoms with Crippen molar-refractivity contribution in [1.29, 1.82) is 0 Å². The highest BCUT2D eigenvalue weighted by Crippen LogP contribution is 2.16. The molecule has 8 heteroatoms. The fourth-order valence-corrected chi connectivity index (χ4v) is 2.38. The molecule has 0 saturated carbocycles. The van der Waals surface area contributed by atoms with E-state index in [1.54, 1.807) is 19.1 Å². The third kappa shape index (κ3) is 3.39. The van der Waals surface area contributed by atoms with Gasteiger partial charge in [-0.15, -0.1) is 0 Å². The van der Waals surface area contributed by atoms with E-state index in [0.717, 1.165) is 0 Å². The zero-order chi connectivity index (χ0) is 15.4. The minimum Gasteiger partial charge on any atom is -0.487 e. The standard InChI is InChI=1S/C13H16BN3O4/c1-9(16-11(18)10-3-6-15-7-4-10)12(19)17-8-2-5-14(17)13(20)21/h3-4,6-7,9H,2,5,8H2,1H3,(H,16,18)(H,20,21)/t9-/m1/s1. The molecular formula is C13H16BN3O4. The quantitative estimate of drug-likeness (QED) is 0.794. The number of nitrogens with one attached hydrogen (secondary N) is 1. The maximum absolute atomic E-state index is 12.3. The number of nitrogens with zero attached hydrogens (tertiary/aromatic N) is 2. The molecule has 1 aliphatic rings. The Kier molecular flexibility index (Phi) is 4.57. The molecule has 2 N–H and O–H groups in total. The summed E-state index contributed by atoms with van der Waals surface area (Å²) < 4.78 is 0. The zero-order valence-corrected chi connectivity index (χ0v) is 11.7. The van der Waals surface area contributed by atoms with Crippen molar-refractivity contribution in [2.24, 2.45) is 0 Å². The van der Waals surface area contributed by atoms with Crippen molar-refractivity contribution in [3.63, 3.8) is 0 Å². The lowest BCUT2D eigenvalue weighted by atomic mass is 9.59. The van der Waals surface area contributed by atoms with Crippen LogP contribution in [0.15, 0.2) is 24.5 Å². The van der Waals surface area contributed by atoms with Gasteiger partial charge in [0.05, 0.1) is 0 Å². The van der Waals surface area contributed by atoms with Crippen molar-refractivity contribution in [2.45, 2.75) is 25.7 Å². The molecule has 110 valence electrons. The van der Waals surface area contributed by atoms with Gasteiger partial charge in [0.1, 0.15) is 6.04 Å². The molecule has 7 nitrogen and oxygen atoms in total. The Morgan fingerprint density at radius 2 is 2.05 bits per heavy atom. The molecule has 0 radical (unpaired) electrons. The number of hydrogen-bond acceptors (Lipinski definition) is 4. The van der Waals surface area contributed by atoms with Crippen LogP contribution in [0.5, 0.6) is 0 Å². The molecule has 0 aliphatic carbocycles. The summed E-state index contributed by atoms with van der Waals surface area (Å²) in [7, 11) is 0. The molecule has 1 saturated heterocycles. The summed E-state index contributed by atoms with van der Waals surface area (Å²) in [5.74, 6) is -1.76. The number of carbonyl (C=O) groups excluding carboxylic acids is 2. The predicted octanol–water partition coefficient (Wildman–Crippen LogP) is 0.683. The molecule has 2 heterocycles. The first-order valence-electron chi connectivity index (χ1n) is 6.75. The van der Waals surface area contributed by atoms with Crippen LogP contribution in [0.2, 0.25) is 6.32 Å². The molecule has 1 aromatic rings. The van der Waals surface area contributed by atoms with E-state index in [1.165, 1.54) is 17.2 Å². The number of hydrogen-bond donors (Lipinski definition) is 2. The zero-order valence-electron chi connectivity index (χ0n) is 11.7. The number of carbonyl (C=O) groups is 3. The number of carboxylic acid groups (broad SMARTS) is 1. The number of amides is 2. The highest BCUT2D eigenvalue weighted by molar-refractivity contribution is 6.88. The van der Waals surface area contributed by atoms with Crippen molar-refractivity contribution in [3.05, 3.63) is 30.1 Å². The number of aromatic nitrogens is 1. The lowest BCUT2D eigenvalue weighted by molar-refractivity contribution is -0.128. The summed E-state index contributed by atoms with van der Waals surface area (Å²) >= 11 is 0. The lowest BCUT2D eigenvalue weighted by Crippen LogP contribution is -2.52. The second kappa shape index (κ2) is 6.38. The monoisotopic (exact) mass is 289 g/mol. The van der Waals surface area contributed by atoms with Gasteiger partial charge in [-0.1, -0.05) is 0 Å². The van der Waals surface area contributed by atoms with Gasteiger partial charge in [0.15, 0.2) is 0 Å². The minimum atomic E-state index is -1.01. The molecule has 1 atom stereocenters. The third-order valence-corrected chi connectivity index (χ3v) is 3.48. The molecule has 2 amide bonds. The summed E-state index contributed by atoms with van der Waals surface area (Å²) in [5.41, 5.74) is 0.404. The van der Waals surface area contributed by atoms with Crippen molar-refractivity contribution < 1.29 is 19.5 Å². The molecule has 0 aromatic carbocycles. The van der Waals surface area contributed by atoms with E-state index in [4.69, 9.17) is 5.11 Å². The normalized spacial score (nSPS) is 15.7. The van der Waals surface area contributed by atoms with Crippen molar-refractivity contribution in [2.75, 3.05) is 6.54 Å². The molecular weight excluding hydrogens is 273 g/mol. The fraction of sp³-hybridized carbons (Fsp3) is 0.385. The summed E-state index contributed by atoms with van der Waals surface area (Å²) in [4.78, 5) is 40.5. The number of rotatable bonds is 4. The predicted molar refractivity (Wildman–Crippen MR) is 76.1 cm³/mol. The second-order valence-electron chi connectivity index (χ2n) is 4.96. The largest absolute Gasteiger partial charge is 0.487 e. The molecule has 0 bridgehead atoms. The van der Waals surface area contributed by atoms with Gasteiger partial charge in [-0.25, -0.2) is 0 Å². The van der Waals surface area contributed by atoms with Crippen LogP contribution in [-0.4, -0.2) is 52.0 Å². The maximum Gasteiger partial charge on any atom is 0.390 e. The van der Waals surface area contributed by atoms with Crippen LogP contribution >= 0.6 is 0 Å². The maximum atomic E-state index is 12.3. The van der Waals surface area contributed by atoms with Crippen molar-refractivity contribution in [3.8, 4) is 0 Å². The van der Waals surface area contributed by atoms with Crippen LogP contribution in [0.3, 0.4) is 0 Å². The topological polar surface area (TPSA) is 99.6 Å². The first-order valence-corrected chi connectivity index (χ1v) is 6.75. The molecule has 21 heavy (non-hydrogen) atoms. The first-order chi connectivity index (χ1) is 10.0. The Hall–Kier alpha value is -2.38. The van der Waals surface area contributed by atoms with E-state index >= 15 is 0 Å². The average Bonchev–Trinajstić information content (AvgIpc) is 2.96. The highest BCUT2D eigenvalue weighted by atomic mass is 16.4. The Morgan fingerprint density at radius 3 is 2.67 bits per heavy atom. The van der Waals surface area contributed by atoms with E-state index in [1.807, 2.05) is 0 Å². The Bertz CT molecular complexity index is 552. The average molecular weight is 289 g/mol. The van der Waals surface area contributed by atoms with E-state index in [0.29, 0.717) is 24.8 Å². The van der Waals surface area contributed by atoms with E-state index < -0.39 is 18.8 Å². The Morgan fingerprint density at radius 1 is 1.38 bits per heavy atom. The van der Waals surface area contributed by atoms with Gasteiger partial charge in [0.2, 0.25) is 5.91 Å². The first kappa shape index (κ1) is 15.0. The van der Waals surface area contributed by atoms with Crippen LogP contribution in [0, 0.1) is 0 Å². The van der Waals surface area contributed by atoms with E-state index in [9.17, 15) is 14.4 Å². The highest BCUT2D eigenvalue weighted by Gasteiger charge is 2.40. The van der Waals surface area contributed by atoms with Gasteiger partial charge >= 0.3 is 6.85 Å². The van der Waals surface area contributed by atoms with Crippen molar-refractivity contribution >= 4 is 24.5 Å². The lowest BCUT2D eigenvalue weighted by Gasteiger charge is -2.24. The van der Waals surface area contributed by atoms with Gasteiger partial charge in [-0.05, 0) is 31.8 Å². The third-order valence-electron chi connectivity index (χ3n) is 3.48. The summed E-state index contributed by atoms with van der Waals surface area (Å²) in [6, 6.07) is 2.32. The van der Waals surface area contributed by atoms with Crippen LogP contribution in [0.4, 0.5) is 4.79 Å². The van der Waals surface area contributed by atoms with Gasteiger partial charge in [0.25, 0.3) is 11.8 Å². The Labute approximate surface area is 122 Å². The van der Waals surface area contributed by atoms with Crippen molar-refractivity contribution in [1.82, 2.24) is 15.1 Å². The molecule has 2 rings (SSSR count). The summed E-state index contributed by atoms with van der Waals surface area (Å²) in [6.45, 7) is 1.17. The molecule has 1 aliphatic heterocycles. The van der Waals surface area contributed by atoms with Gasteiger partial charge in [-0.3, -0.25) is 19.4 Å². The Balaban J connectivity index is 2.00. The van der Waals surface area contributed by atoms with Crippen LogP contribution in [-0.2, 0) is 4.79 Å². The van der Waals surface area contributed by atoms with E-state index in [2.05, 4.69) is 10.3 Å². The second-order valence-corrected chi connectivity index (χ2v) is 4.96. The summed E-state index contributed by atoms with van der Waals surface area (Å²) in [5, 5.41) is 11.7.